The van der Waals surface area contributed by atoms with Gasteiger partial charge in [-0.15, -0.1) is 0 Å². The molecular formula is C28H40N2O4. The Bertz CT molecular complexity index is 951. The predicted octanol–water partition coefficient (Wildman–Crippen LogP) is 4.81. The van der Waals surface area contributed by atoms with Crippen molar-refractivity contribution in [3.8, 4) is 5.75 Å². The maximum absolute atomic E-state index is 12.8. The topological polar surface area (TPSA) is 83.7 Å². The van der Waals surface area contributed by atoms with Gasteiger partial charge in [0.1, 0.15) is 11.5 Å². The predicted molar refractivity (Wildman–Crippen MR) is 132 cm³/mol. The molecule has 0 spiro atoms. The lowest BCUT2D eigenvalue weighted by Gasteiger charge is -2.51. The minimum Gasteiger partial charge on any atom is -0.497 e. The molecule has 2 aliphatic rings. The van der Waals surface area contributed by atoms with E-state index < -0.39 is 5.60 Å². The molecule has 0 aliphatic heterocycles. The Morgan fingerprint density at radius 3 is 2.56 bits per heavy atom. The molecule has 1 amide bonds. The van der Waals surface area contributed by atoms with Crippen LogP contribution in [0.4, 0.5) is 0 Å². The number of rotatable bonds is 9. The standard InChI is InChI=1S/C28H40N2O4/c1-26(2)17-24(29-18-20-7-9-21(33-4)10-8-20)28(14-13-27(3,32)16-23(26)28)12-11-25(31)30-19-22-6-5-15-34-22/h5-10,15,23-24,29,32H,11-14,16-19H2,1-4H3,(H,30,31)/t23-,24-,27+,28+/m0/s1. The van der Waals surface area contributed by atoms with Crippen LogP contribution in [0.1, 0.15) is 70.6 Å². The van der Waals surface area contributed by atoms with Crippen LogP contribution >= 0.6 is 0 Å². The Morgan fingerprint density at radius 1 is 1.12 bits per heavy atom. The van der Waals surface area contributed by atoms with Gasteiger partial charge in [0.05, 0.1) is 25.5 Å². The third-order valence-corrected chi connectivity index (χ3v) is 8.40. The van der Waals surface area contributed by atoms with Crippen molar-refractivity contribution < 1.29 is 19.1 Å². The Kier molecular flexibility index (Phi) is 7.11. The van der Waals surface area contributed by atoms with Crippen molar-refractivity contribution in [2.45, 2.75) is 84.0 Å². The van der Waals surface area contributed by atoms with E-state index in [4.69, 9.17) is 9.15 Å². The van der Waals surface area contributed by atoms with Gasteiger partial charge in [0.15, 0.2) is 0 Å². The second-order valence-electron chi connectivity index (χ2n) is 11.3. The normalized spacial score (nSPS) is 30.0. The van der Waals surface area contributed by atoms with E-state index in [-0.39, 0.29) is 16.7 Å². The summed E-state index contributed by atoms with van der Waals surface area (Å²) in [4.78, 5) is 12.8. The fourth-order valence-corrected chi connectivity index (χ4v) is 6.53. The van der Waals surface area contributed by atoms with E-state index in [1.54, 1.807) is 13.4 Å². The number of fused-ring (bicyclic) bond motifs is 1. The first-order valence-corrected chi connectivity index (χ1v) is 12.5. The van der Waals surface area contributed by atoms with Crippen LogP contribution in [0, 0.1) is 16.7 Å². The minimum atomic E-state index is -0.641. The number of methoxy groups -OCH3 is 1. The van der Waals surface area contributed by atoms with Crippen molar-refractivity contribution >= 4 is 5.91 Å². The maximum Gasteiger partial charge on any atom is 0.220 e. The molecule has 6 nitrogen and oxygen atoms in total. The largest absolute Gasteiger partial charge is 0.497 e. The number of nitrogens with one attached hydrogen (secondary N) is 2. The lowest BCUT2D eigenvalue weighted by molar-refractivity contribution is -0.123. The third kappa shape index (κ3) is 5.33. The molecule has 0 unspecified atom stereocenters. The summed E-state index contributed by atoms with van der Waals surface area (Å²) in [6.07, 6.45) is 6.46. The Balaban J connectivity index is 1.48. The number of benzene rings is 1. The highest BCUT2D eigenvalue weighted by atomic mass is 16.5. The smallest absolute Gasteiger partial charge is 0.220 e. The molecule has 2 aromatic rings. The second-order valence-corrected chi connectivity index (χ2v) is 11.3. The van der Waals surface area contributed by atoms with Crippen molar-refractivity contribution in [3.05, 3.63) is 54.0 Å². The average molecular weight is 469 g/mol. The first-order valence-electron chi connectivity index (χ1n) is 12.5. The zero-order chi connectivity index (χ0) is 24.4. The van der Waals surface area contributed by atoms with Gasteiger partial charge in [0, 0.05) is 19.0 Å². The summed E-state index contributed by atoms with van der Waals surface area (Å²) in [6, 6.07) is 12.2. The number of hydrogen-bond acceptors (Lipinski definition) is 5. The van der Waals surface area contributed by atoms with Gasteiger partial charge in [-0.3, -0.25) is 4.79 Å². The fraction of sp³-hybridized carbons (Fsp3) is 0.607. The van der Waals surface area contributed by atoms with E-state index in [1.165, 1.54) is 5.56 Å². The van der Waals surface area contributed by atoms with Gasteiger partial charge in [-0.2, -0.15) is 0 Å². The molecule has 0 saturated heterocycles. The molecule has 0 bridgehead atoms. The zero-order valence-electron chi connectivity index (χ0n) is 21.0. The average Bonchev–Trinajstić information content (AvgIpc) is 3.40. The molecule has 2 aliphatic carbocycles. The zero-order valence-corrected chi connectivity index (χ0v) is 21.0. The first kappa shape index (κ1) is 24.8. The highest BCUT2D eigenvalue weighted by Gasteiger charge is 2.61. The van der Waals surface area contributed by atoms with E-state index in [9.17, 15) is 9.90 Å². The van der Waals surface area contributed by atoms with E-state index in [1.807, 2.05) is 31.2 Å². The molecular weight excluding hydrogens is 428 g/mol. The second kappa shape index (κ2) is 9.74. The van der Waals surface area contributed by atoms with Crippen molar-refractivity contribution in [1.82, 2.24) is 10.6 Å². The molecule has 2 saturated carbocycles. The molecule has 0 radical (unpaired) electrons. The minimum absolute atomic E-state index is 0.0137. The highest BCUT2D eigenvalue weighted by Crippen LogP contribution is 2.63. The van der Waals surface area contributed by atoms with Crippen molar-refractivity contribution in [2.24, 2.45) is 16.7 Å². The molecule has 34 heavy (non-hydrogen) atoms. The maximum atomic E-state index is 12.8. The molecule has 4 rings (SSSR count). The van der Waals surface area contributed by atoms with Crippen LogP contribution in [0.15, 0.2) is 47.1 Å². The summed E-state index contributed by atoms with van der Waals surface area (Å²) in [5.74, 6) is 2.03. The molecule has 3 N–H and O–H groups in total. The Morgan fingerprint density at radius 2 is 1.88 bits per heavy atom. The quantitative estimate of drug-likeness (QED) is 0.492. The van der Waals surface area contributed by atoms with Gasteiger partial charge in [0.2, 0.25) is 5.91 Å². The number of furan rings is 1. The number of amides is 1. The summed E-state index contributed by atoms with van der Waals surface area (Å²) in [5.41, 5.74) is 0.654. The van der Waals surface area contributed by atoms with Crippen LogP contribution in [0.3, 0.4) is 0 Å². The molecule has 2 fully saturated rings. The van der Waals surface area contributed by atoms with E-state index >= 15 is 0 Å². The molecule has 186 valence electrons. The van der Waals surface area contributed by atoms with Crippen LogP contribution in [0.25, 0.3) is 0 Å². The number of ether oxygens (including phenoxy) is 1. The van der Waals surface area contributed by atoms with Crippen molar-refractivity contribution in [3.63, 3.8) is 0 Å². The highest BCUT2D eigenvalue weighted by molar-refractivity contribution is 5.75. The summed E-state index contributed by atoms with van der Waals surface area (Å²) in [7, 11) is 1.68. The summed E-state index contributed by atoms with van der Waals surface area (Å²) < 4.78 is 10.6. The van der Waals surface area contributed by atoms with Crippen molar-refractivity contribution in [1.29, 1.82) is 0 Å². The van der Waals surface area contributed by atoms with Gasteiger partial charge in [-0.25, -0.2) is 0 Å². The monoisotopic (exact) mass is 468 g/mol. The van der Waals surface area contributed by atoms with Gasteiger partial charge >= 0.3 is 0 Å². The van der Waals surface area contributed by atoms with E-state index in [0.29, 0.717) is 24.9 Å². The Labute approximate surface area is 203 Å². The Hall–Kier alpha value is -2.31. The van der Waals surface area contributed by atoms with Gasteiger partial charge in [-0.05, 0) is 85.6 Å². The van der Waals surface area contributed by atoms with E-state index in [2.05, 4.69) is 36.6 Å². The van der Waals surface area contributed by atoms with Crippen LogP contribution in [0.2, 0.25) is 0 Å². The molecule has 4 atom stereocenters. The van der Waals surface area contributed by atoms with Crippen LogP contribution in [0.5, 0.6) is 5.75 Å². The molecule has 1 aromatic heterocycles. The van der Waals surface area contributed by atoms with Gasteiger partial charge in [-0.1, -0.05) is 26.0 Å². The number of hydrogen-bond donors (Lipinski definition) is 3. The lowest BCUT2D eigenvalue weighted by atomic mass is 9.57. The molecule has 1 heterocycles. The van der Waals surface area contributed by atoms with Crippen LogP contribution in [-0.4, -0.2) is 29.8 Å². The van der Waals surface area contributed by atoms with E-state index in [0.717, 1.165) is 50.2 Å². The summed E-state index contributed by atoms with van der Waals surface area (Å²) in [6.45, 7) is 7.84. The van der Waals surface area contributed by atoms with Crippen LogP contribution < -0.4 is 15.4 Å². The summed E-state index contributed by atoms with van der Waals surface area (Å²) in [5, 5.41) is 17.8. The number of carbonyl (C=O) groups is 1. The summed E-state index contributed by atoms with van der Waals surface area (Å²) >= 11 is 0. The molecule has 6 heteroatoms. The fourth-order valence-electron chi connectivity index (χ4n) is 6.53. The third-order valence-electron chi connectivity index (χ3n) is 8.40. The van der Waals surface area contributed by atoms with Gasteiger partial charge < -0.3 is 24.9 Å². The van der Waals surface area contributed by atoms with Crippen molar-refractivity contribution in [2.75, 3.05) is 7.11 Å². The SMILES string of the molecule is COc1ccc(CN[C@H]2CC(C)(C)[C@@H]3C[C@](C)(O)CC[C@@]23CCC(=O)NCc2ccco2)cc1. The number of carbonyl (C=O) groups excluding carboxylic acids is 1. The van der Waals surface area contributed by atoms with Crippen LogP contribution in [-0.2, 0) is 17.9 Å². The number of aliphatic hydroxyl groups is 1. The first-order chi connectivity index (χ1) is 16.1. The molecule has 1 aromatic carbocycles. The lowest BCUT2D eigenvalue weighted by Crippen LogP contribution is -2.51. The van der Waals surface area contributed by atoms with Gasteiger partial charge in [0.25, 0.3) is 0 Å².